The van der Waals surface area contributed by atoms with Crippen molar-refractivity contribution >= 4 is 17.5 Å². The summed E-state index contributed by atoms with van der Waals surface area (Å²) in [5.41, 5.74) is 3.81. The summed E-state index contributed by atoms with van der Waals surface area (Å²) < 4.78 is 0. The molecule has 0 saturated heterocycles. The second-order valence-corrected chi connectivity index (χ2v) is 6.47. The van der Waals surface area contributed by atoms with Gasteiger partial charge in [-0.3, -0.25) is 14.6 Å². The number of carbonyl (C=O) groups is 2. The molecule has 0 aliphatic carbocycles. The van der Waals surface area contributed by atoms with Crippen LogP contribution in [0.1, 0.15) is 38.9 Å². The Morgan fingerprint density at radius 2 is 1.71 bits per heavy atom. The summed E-state index contributed by atoms with van der Waals surface area (Å²) in [4.78, 5) is 31.1. The van der Waals surface area contributed by atoms with Gasteiger partial charge >= 0.3 is 0 Å². The van der Waals surface area contributed by atoms with E-state index in [0.717, 1.165) is 16.9 Å². The van der Waals surface area contributed by atoms with E-state index in [9.17, 15) is 9.59 Å². The molecule has 5 nitrogen and oxygen atoms in total. The lowest BCUT2D eigenvalue weighted by atomic mass is 10.1. The average molecular weight is 373 g/mol. The van der Waals surface area contributed by atoms with Gasteiger partial charge in [-0.15, -0.1) is 0 Å². The topological polar surface area (TPSA) is 62.3 Å². The molecule has 1 aromatic heterocycles. The zero-order chi connectivity index (χ0) is 19.9. The molecular formula is C23H23N3O2. The molecule has 0 aliphatic heterocycles. The van der Waals surface area contributed by atoms with Crippen LogP contribution >= 0.6 is 0 Å². The molecule has 2 aromatic carbocycles. The number of aromatic nitrogens is 1. The summed E-state index contributed by atoms with van der Waals surface area (Å²) in [5.74, 6) is -0.288. The molecule has 2 amide bonds. The minimum atomic E-state index is -0.198. The number of benzene rings is 2. The summed E-state index contributed by atoms with van der Waals surface area (Å²) >= 11 is 0. The lowest BCUT2D eigenvalue weighted by Crippen LogP contribution is -2.30. The highest BCUT2D eigenvalue weighted by molar-refractivity contribution is 6.06. The molecule has 3 aromatic rings. The molecule has 0 saturated carbocycles. The maximum atomic E-state index is 12.9. The van der Waals surface area contributed by atoms with Crippen LogP contribution in [0.5, 0.6) is 0 Å². The predicted octanol–water partition coefficient (Wildman–Crippen LogP) is 3.99. The molecule has 0 spiro atoms. The maximum Gasteiger partial charge on any atom is 0.258 e. The number of pyridine rings is 1. The van der Waals surface area contributed by atoms with Crippen molar-refractivity contribution in [2.24, 2.45) is 0 Å². The Labute approximate surface area is 165 Å². The summed E-state index contributed by atoms with van der Waals surface area (Å²) in [6, 6.07) is 20.1. The molecule has 0 atom stereocenters. The first-order valence-corrected chi connectivity index (χ1v) is 9.25. The zero-order valence-electron chi connectivity index (χ0n) is 16.1. The van der Waals surface area contributed by atoms with Gasteiger partial charge in [0.25, 0.3) is 11.8 Å². The van der Waals surface area contributed by atoms with Gasteiger partial charge in [0, 0.05) is 29.6 Å². The van der Waals surface area contributed by atoms with Crippen LogP contribution in [0.4, 0.5) is 5.69 Å². The highest BCUT2D eigenvalue weighted by Gasteiger charge is 2.17. The van der Waals surface area contributed by atoms with E-state index in [1.54, 1.807) is 35.4 Å². The Morgan fingerprint density at radius 3 is 2.36 bits per heavy atom. The Hall–Kier alpha value is -3.47. The molecular weight excluding hydrogens is 350 g/mol. The number of nitrogens with zero attached hydrogens (tertiary/aromatic N) is 2. The first-order valence-electron chi connectivity index (χ1n) is 9.25. The molecule has 0 aliphatic rings. The number of aryl methyl sites for hydroxylation is 1. The second kappa shape index (κ2) is 8.95. The van der Waals surface area contributed by atoms with Crippen LogP contribution < -0.4 is 10.2 Å². The van der Waals surface area contributed by atoms with Gasteiger partial charge in [0.15, 0.2) is 0 Å². The zero-order valence-corrected chi connectivity index (χ0v) is 16.1. The number of amides is 2. The van der Waals surface area contributed by atoms with Crippen LogP contribution in [0.25, 0.3) is 0 Å². The van der Waals surface area contributed by atoms with Crippen LogP contribution in [0, 0.1) is 6.92 Å². The fourth-order valence-corrected chi connectivity index (χ4v) is 2.93. The van der Waals surface area contributed by atoms with Crippen LogP contribution in [0.2, 0.25) is 0 Å². The van der Waals surface area contributed by atoms with Crippen molar-refractivity contribution < 1.29 is 9.59 Å². The van der Waals surface area contributed by atoms with E-state index >= 15 is 0 Å². The SMILES string of the molecule is CCN(C(=O)c1ccc(C(=O)NCc2ccccn2)cc1)c1cccc(C)c1. The van der Waals surface area contributed by atoms with E-state index in [-0.39, 0.29) is 11.8 Å². The maximum absolute atomic E-state index is 12.9. The first kappa shape index (κ1) is 19.3. The highest BCUT2D eigenvalue weighted by atomic mass is 16.2. The molecule has 1 N–H and O–H groups in total. The molecule has 0 bridgehead atoms. The van der Waals surface area contributed by atoms with Crippen molar-refractivity contribution in [1.29, 1.82) is 0 Å². The van der Waals surface area contributed by atoms with Crippen LogP contribution in [0.3, 0.4) is 0 Å². The van der Waals surface area contributed by atoms with Crippen LogP contribution in [0.15, 0.2) is 72.9 Å². The van der Waals surface area contributed by atoms with Crippen molar-refractivity contribution in [2.75, 3.05) is 11.4 Å². The molecule has 0 fully saturated rings. The van der Waals surface area contributed by atoms with Gasteiger partial charge in [0.05, 0.1) is 12.2 Å². The van der Waals surface area contributed by atoms with E-state index in [2.05, 4.69) is 10.3 Å². The average Bonchev–Trinajstić information content (AvgIpc) is 2.73. The van der Waals surface area contributed by atoms with E-state index in [1.807, 2.05) is 56.3 Å². The molecule has 1 heterocycles. The van der Waals surface area contributed by atoms with Crippen molar-refractivity contribution in [1.82, 2.24) is 10.3 Å². The van der Waals surface area contributed by atoms with Gasteiger partial charge in [0.2, 0.25) is 0 Å². The fourth-order valence-electron chi connectivity index (χ4n) is 2.93. The minimum absolute atomic E-state index is 0.0893. The normalized spacial score (nSPS) is 10.4. The van der Waals surface area contributed by atoms with Gasteiger partial charge in [0.1, 0.15) is 0 Å². The Kier molecular flexibility index (Phi) is 6.17. The largest absolute Gasteiger partial charge is 0.346 e. The summed E-state index contributed by atoms with van der Waals surface area (Å²) in [6.45, 7) is 4.87. The second-order valence-electron chi connectivity index (χ2n) is 6.47. The van der Waals surface area contributed by atoms with Crippen molar-refractivity contribution in [2.45, 2.75) is 20.4 Å². The lowest BCUT2D eigenvalue weighted by molar-refractivity contribution is 0.0947. The third-order valence-electron chi connectivity index (χ3n) is 4.42. The summed E-state index contributed by atoms with van der Waals surface area (Å²) in [7, 11) is 0. The number of hydrogen-bond acceptors (Lipinski definition) is 3. The minimum Gasteiger partial charge on any atom is -0.346 e. The van der Waals surface area contributed by atoms with E-state index < -0.39 is 0 Å². The molecule has 28 heavy (non-hydrogen) atoms. The van der Waals surface area contributed by atoms with Crippen molar-refractivity contribution in [3.8, 4) is 0 Å². The Morgan fingerprint density at radius 1 is 0.964 bits per heavy atom. The van der Waals surface area contributed by atoms with Crippen molar-refractivity contribution in [3.63, 3.8) is 0 Å². The van der Waals surface area contributed by atoms with Crippen molar-refractivity contribution in [3.05, 3.63) is 95.3 Å². The lowest BCUT2D eigenvalue weighted by Gasteiger charge is -2.21. The molecule has 142 valence electrons. The monoisotopic (exact) mass is 373 g/mol. The number of hydrogen-bond donors (Lipinski definition) is 1. The van der Waals surface area contributed by atoms with Gasteiger partial charge in [-0.2, -0.15) is 0 Å². The molecule has 0 radical (unpaired) electrons. The number of carbonyl (C=O) groups excluding carboxylic acids is 2. The standard InChI is InChI=1S/C23H23N3O2/c1-3-26(21-9-6-7-17(2)15-21)23(28)19-12-10-18(11-13-19)22(27)25-16-20-8-4-5-14-24-20/h4-15H,3,16H2,1-2H3,(H,25,27). The number of nitrogens with one attached hydrogen (secondary N) is 1. The molecule has 0 unspecified atom stereocenters. The Balaban J connectivity index is 1.68. The third-order valence-corrected chi connectivity index (χ3v) is 4.42. The summed E-state index contributed by atoms with van der Waals surface area (Å²) in [6.07, 6.45) is 1.69. The quantitative estimate of drug-likeness (QED) is 0.711. The number of rotatable bonds is 6. The fraction of sp³-hybridized carbons (Fsp3) is 0.174. The summed E-state index contributed by atoms with van der Waals surface area (Å²) in [5, 5.41) is 2.83. The van der Waals surface area contributed by atoms with E-state index in [1.165, 1.54) is 0 Å². The first-order chi connectivity index (χ1) is 13.6. The third kappa shape index (κ3) is 4.62. The van der Waals surface area contributed by atoms with Crippen LogP contribution in [-0.2, 0) is 6.54 Å². The van der Waals surface area contributed by atoms with Gasteiger partial charge < -0.3 is 10.2 Å². The number of anilines is 1. The highest BCUT2D eigenvalue weighted by Crippen LogP contribution is 2.19. The van der Waals surface area contributed by atoms with E-state index in [4.69, 9.17) is 0 Å². The van der Waals surface area contributed by atoms with Crippen LogP contribution in [-0.4, -0.2) is 23.3 Å². The predicted molar refractivity (Wildman–Crippen MR) is 110 cm³/mol. The molecule has 5 heteroatoms. The van der Waals surface area contributed by atoms with E-state index in [0.29, 0.717) is 24.2 Å². The molecule has 3 rings (SSSR count). The Bertz CT molecular complexity index is 953. The van der Waals surface area contributed by atoms with Gasteiger partial charge in [-0.25, -0.2) is 0 Å². The van der Waals surface area contributed by atoms with Gasteiger partial charge in [-0.1, -0.05) is 18.2 Å². The van der Waals surface area contributed by atoms with Gasteiger partial charge in [-0.05, 0) is 67.9 Å². The smallest absolute Gasteiger partial charge is 0.258 e.